The predicted molar refractivity (Wildman–Crippen MR) is 375 cm³/mol. The molecule has 0 unspecified atom stereocenters. The number of fused-ring (bicyclic) bond motifs is 6. The van der Waals surface area contributed by atoms with E-state index in [1.807, 2.05) is 265 Å². The van der Waals surface area contributed by atoms with E-state index in [0.29, 0.717) is 97.1 Å². The van der Waals surface area contributed by atoms with Crippen LogP contribution in [0.1, 0.15) is 5.56 Å². The summed E-state index contributed by atoms with van der Waals surface area (Å²) in [6.07, 6.45) is -4.71. The number of benzene rings is 12. The van der Waals surface area contributed by atoms with E-state index in [2.05, 4.69) is 28.8 Å². The Balaban J connectivity index is 0.908. The molecular weight excluding hydrogens is 1200 g/mol. The average molecular weight is 1250 g/mol. The Morgan fingerprint density at radius 1 is 0.208 bits per heavy atom. The minimum Gasteiger partial charge on any atom is -0.309 e. The third-order valence-electron chi connectivity index (χ3n) is 17.3. The lowest BCUT2D eigenvalue weighted by atomic mass is 9.97. The topological polar surface area (TPSA) is 126 Å². The summed E-state index contributed by atoms with van der Waals surface area (Å²) >= 11 is 0. The Kier molecular flexibility index (Phi) is 14.0. The second kappa shape index (κ2) is 23.6. The van der Waals surface area contributed by atoms with Crippen molar-refractivity contribution < 1.29 is 13.2 Å². The zero-order chi connectivity index (χ0) is 64.3. The molecule has 0 bridgehead atoms. The molecule has 12 aromatic carbocycles. The largest absolute Gasteiger partial charge is 0.416 e. The Bertz CT molecular complexity index is 5640. The summed E-state index contributed by atoms with van der Waals surface area (Å²) < 4.78 is 51.0. The van der Waals surface area contributed by atoms with Crippen LogP contribution in [-0.2, 0) is 6.18 Å². The SMILES string of the molecule is FC(F)(F)c1ccc(-c2ccc(-c3nc(-c4ccccc4)nc(-c4ccccc4)n3)cc2-n2c3ccccc3c3cc(-c4nc(-c5ccccc5)nc(-c5ccccc5)n4)ccc32)c(-n2c3ccccc3c3cc(-c4nc(-c5ccccc5)nc(-c5ccccc5)n4)ccc32)c1. The summed E-state index contributed by atoms with van der Waals surface area (Å²) in [6.45, 7) is 0. The Morgan fingerprint density at radius 3 is 0.781 bits per heavy atom. The highest BCUT2D eigenvalue weighted by molar-refractivity contribution is 6.13. The second-order valence-electron chi connectivity index (χ2n) is 23.2. The molecule has 0 aliphatic rings. The van der Waals surface area contributed by atoms with Crippen molar-refractivity contribution in [3.05, 3.63) is 309 Å². The maximum Gasteiger partial charge on any atom is 0.416 e. The van der Waals surface area contributed by atoms with Gasteiger partial charge in [-0.2, -0.15) is 13.2 Å². The van der Waals surface area contributed by atoms with Crippen LogP contribution >= 0.6 is 0 Å². The molecule has 0 aliphatic carbocycles. The van der Waals surface area contributed by atoms with E-state index < -0.39 is 11.7 Å². The molecule has 17 rings (SSSR count). The number of alkyl halides is 3. The molecule has 0 saturated heterocycles. The van der Waals surface area contributed by atoms with Crippen molar-refractivity contribution in [2.75, 3.05) is 0 Å². The van der Waals surface area contributed by atoms with Gasteiger partial charge in [-0.15, -0.1) is 0 Å². The molecule has 0 saturated carbocycles. The van der Waals surface area contributed by atoms with E-state index >= 15 is 13.2 Å². The Hall–Kier alpha value is -12.9. The maximum absolute atomic E-state index is 15.6. The smallest absolute Gasteiger partial charge is 0.309 e. The van der Waals surface area contributed by atoms with Gasteiger partial charge < -0.3 is 9.13 Å². The molecular formula is C82H50F3N11. The first kappa shape index (κ1) is 57.0. The van der Waals surface area contributed by atoms with Gasteiger partial charge in [0, 0.05) is 82.7 Å². The molecule has 0 fully saturated rings. The highest BCUT2D eigenvalue weighted by atomic mass is 19.4. The van der Waals surface area contributed by atoms with E-state index in [4.69, 9.17) is 44.9 Å². The fourth-order valence-corrected chi connectivity index (χ4v) is 12.8. The third kappa shape index (κ3) is 10.4. The van der Waals surface area contributed by atoms with Crippen molar-refractivity contribution in [1.29, 1.82) is 0 Å². The number of hydrogen-bond donors (Lipinski definition) is 0. The van der Waals surface area contributed by atoms with Crippen molar-refractivity contribution >= 4 is 43.6 Å². The quantitative estimate of drug-likeness (QED) is 0.118. The average Bonchev–Trinajstić information content (AvgIpc) is 1.55. The molecule has 0 N–H and O–H groups in total. The van der Waals surface area contributed by atoms with Gasteiger partial charge >= 0.3 is 6.18 Å². The molecule has 5 heterocycles. The maximum atomic E-state index is 15.6. The van der Waals surface area contributed by atoms with Crippen LogP contribution in [0.15, 0.2) is 303 Å². The fraction of sp³-hybridized carbons (Fsp3) is 0.0122. The van der Waals surface area contributed by atoms with Crippen molar-refractivity contribution in [2.45, 2.75) is 6.18 Å². The van der Waals surface area contributed by atoms with E-state index in [1.165, 1.54) is 12.1 Å². The van der Waals surface area contributed by atoms with E-state index in [1.54, 1.807) is 6.07 Å². The first-order chi connectivity index (χ1) is 47.2. The lowest BCUT2D eigenvalue weighted by Crippen LogP contribution is -2.08. The summed E-state index contributed by atoms with van der Waals surface area (Å²) in [5.41, 5.74) is 11.3. The lowest BCUT2D eigenvalue weighted by molar-refractivity contribution is -0.137. The summed E-state index contributed by atoms with van der Waals surface area (Å²) in [5, 5.41) is 3.40. The molecule has 0 amide bonds. The highest BCUT2D eigenvalue weighted by Gasteiger charge is 2.33. The minimum absolute atomic E-state index is 0.301. The number of para-hydroxylation sites is 2. The number of halogens is 3. The number of rotatable bonds is 12. The van der Waals surface area contributed by atoms with Gasteiger partial charge in [-0.1, -0.05) is 237 Å². The van der Waals surface area contributed by atoms with Crippen molar-refractivity contribution in [1.82, 2.24) is 54.0 Å². The molecule has 5 aromatic heterocycles. The Labute approximate surface area is 548 Å². The molecule has 0 radical (unpaired) electrons. The van der Waals surface area contributed by atoms with Gasteiger partial charge in [-0.3, -0.25) is 0 Å². The molecule has 11 nitrogen and oxygen atoms in total. The first-order valence-corrected chi connectivity index (χ1v) is 31.3. The van der Waals surface area contributed by atoms with Crippen LogP contribution in [-0.4, -0.2) is 54.0 Å². The van der Waals surface area contributed by atoms with Crippen LogP contribution in [0.5, 0.6) is 0 Å². The van der Waals surface area contributed by atoms with Crippen LogP contribution in [0.4, 0.5) is 13.2 Å². The van der Waals surface area contributed by atoms with Gasteiger partial charge in [0.2, 0.25) is 0 Å². The van der Waals surface area contributed by atoms with Gasteiger partial charge in [-0.25, -0.2) is 44.9 Å². The number of nitrogens with zero attached hydrogens (tertiary/aromatic N) is 11. The molecule has 0 aliphatic heterocycles. The van der Waals surface area contributed by atoms with Crippen LogP contribution in [0.3, 0.4) is 0 Å². The van der Waals surface area contributed by atoms with Crippen LogP contribution in [0.2, 0.25) is 0 Å². The van der Waals surface area contributed by atoms with E-state index in [0.717, 1.165) is 71.5 Å². The normalized spacial score (nSPS) is 11.7. The first-order valence-electron chi connectivity index (χ1n) is 31.3. The minimum atomic E-state index is -4.71. The van der Waals surface area contributed by atoms with Crippen molar-refractivity contribution in [2.24, 2.45) is 0 Å². The summed E-state index contributed by atoms with van der Waals surface area (Å²) in [7, 11) is 0. The summed E-state index contributed by atoms with van der Waals surface area (Å²) in [5.74, 6) is 4.33. The zero-order valence-electron chi connectivity index (χ0n) is 50.9. The van der Waals surface area contributed by atoms with Gasteiger partial charge in [0.15, 0.2) is 52.4 Å². The zero-order valence-corrected chi connectivity index (χ0v) is 50.9. The summed E-state index contributed by atoms with van der Waals surface area (Å²) in [6, 6.07) is 96.9. The van der Waals surface area contributed by atoms with Crippen molar-refractivity contribution in [3.63, 3.8) is 0 Å². The van der Waals surface area contributed by atoms with Gasteiger partial charge in [-0.05, 0) is 66.7 Å². The van der Waals surface area contributed by atoms with E-state index in [9.17, 15) is 0 Å². The van der Waals surface area contributed by atoms with E-state index in [-0.39, 0.29) is 0 Å². The monoisotopic (exact) mass is 1250 g/mol. The van der Waals surface area contributed by atoms with Gasteiger partial charge in [0.25, 0.3) is 0 Å². The molecule has 454 valence electrons. The second-order valence-corrected chi connectivity index (χ2v) is 23.2. The van der Waals surface area contributed by atoms with Crippen LogP contribution in [0, 0.1) is 0 Å². The molecule has 96 heavy (non-hydrogen) atoms. The molecule has 0 atom stereocenters. The van der Waals surface area contributed by atoms with Gasteiger partial charge in [0.05, 0.1) is 39.0 Å². The third-order valence-corrected chi connectivity index (χ3v) is 17.3. The molecule has 14 heteroatoms. The highest BCUT2D eigenvalue weighted by Crippen LogP contribution is 2.45. The number of aromatic nitrogens is 11. The van der Waals surface area contributed by atoms with Crippen LogP contribution in [0.25, 0.3) is 169 Å². The van der Waals surface area contributed by atoms with Crippen LogP contribution < -0.4 is 0 Å². The lowest BCUT2D eigenvalue weighted by Gasteiger charge is -2.21. The fourth-order valence-electron chi connectivity index (χ4n) is 12.8. The predicted octanol–water partition coefficient (Wildman–Crippen LogP) is 20.1. The molecule has 17 aromatic rings. The standard InChI is InChI=1S/C82H50F3N11/c83-82(84,85)60-42-44-64(72(50-60)96-68-38-22-20-36-62(68)66-48-58(41-46-70(66)96)80-91-75(53-27-11-3-12-28-53)87-76(92-80)54-29-13-4-14-30-54)63-43-39-59(81-93-77(55-31-15-5-16-32-55)88-78(94-81)56-33-17-6-18-34-56)49-71(63)95-67-37-21-19-35-61(67)65-47-57(40-45-69(65)95)79-89-73(51-23-7-1-8-24-51)86-74(90-79)52-25-9-2-10-26-52/h1-50H. The summed E-state index contributed by atoms with van der Waals surface area (Å²) in [4.78, 5) is 45.7. The molecule has 0 spiro atoms. The van der Waals surface area contributed by atoms with Crippen molar-refractivity contribution in [3.8, 4) is 125 Å². The number of hydrogen-bond acceptors (Lipinski definition) is 9. The Morgan fingerprint density at radius 2 is 0.458 bits per heavy atom. The van der Waals surface area contributed by atoms with Gasteiger partial charge in [0.1, 0.15) is 0 Å².